The Labute approximate surface area is 113 Å². The highest BCUT2D eigenvalue weighted by molar-refractivity contribution is 6.30. The molecule has 1 unspecified atom stereocenters. The fourth-order valence-corrected chi connectivity index (χ4v) is 2.45. The van der Waals surface area contributed by atoms with Crippen molar-refractivity contribution in [1.29, 1.82) is 0 Å². The number of nitrogens with one attached hydrogen (secondary N) is 1. The number of nitrogens with zero attached hydrogens (tertiary/aromatic N) is 2. The Morgan fingerprint density at radius 1 is 1.33 bits per heavy atom. The predicted octanol–water partition coefficient (Wildman–Crippen LogP) is 3.08. The number of benzene rings is 1. The lowest BCUT2D eigenvalue weighted by molar-refractivity contribution is 0.629. The van der Waals surface area contributed by atoms with Crippen LogP contribution in [-0.2, 0) is 7.05 Å². The van der Waals surface area contributed by atoms with Crippen LogP contribution in [0.25, 0.3) is 0 Å². The van der Waals surface area contributed by atoms with Gasteiger partial charge in [0.1, 0.15) is 0 Å². The van der Waals surface area contributed by atoms with Crippen molar-refractivity contribution >= 4 is 11.6 Å². The van der Waals surface area contributed by atoms with Gasteiger partial charge < -0.3 is 5.32 Å². The average Bonchev–Trinajstić information content (AvgIpc) is 2.71. The van der Waals surface area contributed by atoms with Crippen molar-refractivity contribution in [3.8, 4) is 0 Å². The van der Waals surface area contributed by atoms with E-state index < -0.39 is 0 Å². The van der Waals surface area contributed by atoms with Crippen molar-refractivity contribution in [2.24, 2.45) is 7.05 Å². The minimum absolute atomic E-state index is 0.140. The molecule has 96 valence electrons. The summed E-state index contributed by atoms with van der Waals surface area (Å²) in [5.41, 5.74) is 3.50. The van der Waals surface area contributed by atoms with Crippen LogP contribution in [0.5, 0.6) is 0 Å². The van der Waals surface area contributed by atoms with Crippen LogP contribution >= 0.6 is 11.6 Å². The smallest absolute Gasteiger partial charge is 0.0608 e. The third kappa shape index (κ3) is 2.92. The molecule has 18 heavy (non-hydrogen) atoms. The first-order valence-electron chi connectivity index (χ1n) is 6.09. The van der Waals surface area contributed by atoms with Crippen molar-refractivity contribution in [3.05, 3.63) is 52.3 Å². The maximum absolute atomic E-state index is 6.14. The molecule has 0 amide bonds. The van der Waals surface area contributed by atoms with E-state index in [9.17, 15) is 0 Å². The predicted molar refractivity (Wildman–Crippen MR) is 74.9 cm³/mol. The average molecular weight is 264 g/mol. The van der Waals surface area contributed by atoms with Crippen LogP contribution in [0.4, 0.5) is 0 Å². The monoisotopic (exact) mass is 263 g/mol. The zero-order chi connectivity index (χ0) is 13.1. The summed E-state index contributed by atoms with van der Waals surface area (Å²) in [5, 5.41) is 8.48. The first-order valence-corrected chi connectivity index (χ1v) is 6.47. The van der Waals surface area contributed by atoms with Crippen LogP contribution in [0.3, 0.4) is 0 Å². The van der Waals surface area contributed by atoms with E-state index in [2.05, 4.69) is 30.3 Å². The van der Waals surface area contributed by atoms with Gasteiger partial charge in [0, 0.05) is 23.8 Å². The molecule has 1 aromatic heterocycles. The zero-order valence-electron chi connectivity index (χ0n) is 10.9. The molecule has 3 nitrogen and oxygen atoms in total. The molecule has 0 aliphatic heterocycles. The Morgan fingerprint density at radius 3 is 2.67 bits per heavy atom. The van der Waals surface area contributed by atoms with Gasteiger partial charge in [-0.2, -0.15) is 5.10 Å². The Bertz CT molecular complexity index is 513. The summed E-state index contributed by atoms with van der Waals surface area (Å²) in [4.78, 5) is 0. The van der Waals surface area contributed by atoms with E-state index in [1.54, 1.807) is 0 Å². The van der Waals surface area contributed by atoms with E-state index in [4.69, 9.17) is 11.6 Å². The van der Waals surface area contributed by atoms with Crippen molar-refractivity contribution in [3.63, 3.8) is 0 Å². The number of hydrogen-bond donors (Lipinski definition) is 1. The quantitative estimate of drug-likeness (QED) is 0.919. The number of halogens is 1. The molecule has 4 heteroatoms. The second kappa shape index (κ2) is 5.55. The molecule has 0 saturated carbocycles. The Kier molecular flexibility index (Phi) is 4.04. The standard InChI is InChI=1S/C14H18ClN3/c1-4-16-14(12-8-17-18(3)9-12)11-5-10(2)6-13(15)7-11/h5-9,14,16H,4H2,1-3H3. The van der Waals surface area contributed by atoms with Crippen molar-refractivity contribution in [2.75, 3.05) is 6.54 Å². The first kappa shape index (κ1) is 13.1. The van der Waals surface area contributed by atoms with Gasteiger partial charge in [0.25, 0.3) is 0 Å². The highest BCUT2D eigenvalue weighted by Gasteiger charge is 2.15. The van der Waals surface area contributed by atoms with Crippen LogP contribution < -0.4 is 5.32 Å². The molecular formula is C14H18ClN3. The lowest BCUT2D eigenvalue weighted by atomic mass is 10.00. The minimum Gasteiger partial charge on any atom is -0.306 e. The zero-order valence-corrected chi connectivity index (χ0v) is 11.7. The molecule has 0 spiro atoms. The van der Waals surface area contributed by atoms with Gasteiger partial charge in [-0.1, -0.05) is 24.6 Å². The van der Waals surface area contributed by atoms with E-state index in [-0.39, 0.29) is 6.04 Å². The summed E-state index contributed by atoms with van der Waals surface area (Å²) in [6.07, 6.45) is 3.92. The van der Waals surface area contributed by atoms with Gasteiger partial charge in [-0.05, 0) is 36.7 Å². The fourth-order valence-electron chi connectivity index (χ4n) is 2.15. The second-order valence-corrected chi connectivity index (χ2v) is 4.94. The molecular weight excluding hydrogens is 246 g/mol. The Morgan fingerprint density at radius 2 is 2.11 bits per heavy atom. The SMILES string of the molecule is CCNC(c1cc(C)cc(Cl)c1)c1cnn(C)c1. The van der Waals surface area contributed by atoms with E-state index in [1.165, 1.54) is 11.1 Å². The highest BCUT2D eigenvalue weighted by atomic mass is 35.5. The first-order chi connectivity index (χ1) is 8.60. The van der Waals surface area contributed by atoms with Crippen LogP contribution in [0.2, 0.25) is 5.02 Å². The molecule has 2 aromatic rings. The Hall–Kier alpha value is -1.32. The van der Waals surface area contributed by atoms with E-state index >= 15 is 0 Å². The highest BCUT2D eigenvalue weighted by Crippen LogP contribution is 2.25. The summed E-state index contributed by atoms with van der Waals surface area (Å²) in [6.45, 7) is 5.05. The topological polar surface area (TPSA) is 29.9 Å². The normalized spacial score (nSPS) is 12.7. The van der Waals surface area contributed by atoms with Crippen LogP contribution in [0.1, 0.15) is 29.7 Å². The molecule has 0 radical (unpaired) electrons. The van der Waals surface area contributed by atoms with E-state index in [0.717, 1.165) is 17.1 Å². The van der Waals surface area contributed by atoms with Crippen molar-refractivity contribution < 1.29 is 0 Å². The molecule has 2 rings (SSSR count). The molecule has 0 bridgehead atoms. The second-order valence-electron chi connectivity index (χ2n) is 4.50. The van der Waals surface area contributed by atoms with E-state index in [0.29, 0.717) is 0 Å². The maximum Gasteiger partial charge on any atom is 0.0608 e. The molecule has 1 atom stereocenters. The van der Waals surface area contributed by atoms with Crippen molar-refractivity contribution in [2.45, 2.75) is 19.9 Å². The lowest BCUT2D eigenvalue weighted by Gasteiger charge is -2.17. The minimum atomic E-state index is 0.140. The number of hydrogen-bond acceptors (Lipinski definition) is 2. The van der Waals surface area contributed by atoms with E-state index in [1.807, 2.05) is 36.3 Å². The van der Waals surface area contributed by atoms with Crippen LogP contribution in [-0.4, -0.2) is 16.3 Å². The third-order valence-corrected chi connectivity index (χ3v) is 3.08. The summed E-state index contributed by atoms with van der Waals surface area (Å²) in [6, 6.07) is 6.28. The summed E-state index contributed by atoms with van der Waals surface area (Å²) < 4.78 is 1.82. The van der Waals surface area contributed by atoms with Gasteiger partial charge in [-0.15, -0.1) is 0 Å². The molecule has 0 saturated heterocycles. The largest absolute Gasteiger partial charge is 0.306 e. The van der Waals surface area contributed by atoms with Crippen molar-refractivity contribution in [1.82, 2.24) is 15.1 Å². The fraction of sp³-hybridized carbons (Fsp3) is 0.357. The summed E-state index contributed by atoms with van der Waals surface area (Å²) >= 11 is 6.14. The van der Waals surface area contributed by atoms with Gasteiger partial charge in [0.2, 0.25) is 0 Å². The van der Waals surface area contributed by atoms with Crippen LogP contribution in [0, 0.1) is 6.92 Å². The lowest BCUT2D eigenvalue weighted by Crippen LogP contribution is -2.21. The van der Waals surface area contributed by atoms with Gasteiger partial charge in [-0.25, -0.2) is 0 Å². The number of aromatic nitrogens is 2. The summed E-state index contributed by atoms with van der Waals surface area (Å²) in [5.74, 6) is 0. The third-order valence-electron chi connectivity index (χ3n) is 2.86. The molecule has 0 aliphatic carbocycles. The number of rotatable bonds is 4. The molecule has 0 fully saturated rings. The maximum atomic E-state index is 6.14. The van der Waals surface area contributed by atoms with Crippen LogP contribution in [0.15, 0.2) is 30.6 Å². The molecule has 1 aromatic carbocycles. The van der Waals surface area contributed by atoms with Gasteiger partial charge in [0.05, 0.1) is 12.2 Å². The molecule has 1 heterocycles. The van der Waals surface area contributed by atoms with Gasteiger partial charge in [0.15, 0.2) is 0 Å². The van der Waals surface area contributed by atoms with Gasteiger partial charge in [-0.3, -0.25) is 4.68 Å². The number of aryl methyl sites for hydroxylation is 2. The molecule has 0 aliphatic rings. The van der Waals surface area contributed by atoms with Gasteiger partial charge >= 0.3 is 0 Å². The molecule has 1 N–H and O–H groups in total. The Balaban J connectivity index is 2.40. The summed E-state index contributed by atoms with van der Waals surface area (Å²) in [7, 11) is 1.93.